The monoisotopic (exact) mass is 345 g/mol. The topological polar surface area (TPSA) is 12.5 Å². The Labute approximate surface area is 147 Å². The first-order chi connectivity index (χ1) is 11.1. The molecule has 0 aromatic heterocycles. The Hall–Kier alpha value is -1.42. The highest BCUT2D eigenvalue weighted by atomic mass is 35.5. The molecular weight excluding hydrogens is 326 g/mol. The van der Waals surface area contributed by atoms with Crippen LogP contribution in [-0.2, 0) is 4.74 Å². The van der Waals surface area contributed by atoms with Gasteiger partial charge in [0.25, 0.3) is 0 Å². The Balaban J connectivity index is 1.91. The number of hydrogen-bond donors (Lipinski definition) is 0. The molecule has 0 saturated carbocycles. The molecule has 1 aliphatic rings. The van der Waals surface area contributed by atoms with Crippen molar-refractivity contribution in [3.63, 3.8) is 0 Å². The first kappa shape index (κ1) is 16.4. The predicted molar refractivity (Wildman–Crippen MR) is 99.0 cm³/mol. The minimum absolute atomic E-state index is 0.697. The van der Waals surface area contributed by atoms with E-state index in [0.717, 1.165) is 29.3 Å². The molecule has 0 bridgehead atoms. The Kier molecular flexibility index (Phi) is 5.31. The van der Waals surface area contributed by atoms with Crippen molar-refractivity contribution in [2.45, 2.75) is 16.2 Å². The Morgan fingerprint density at radius 2 is 1.91 bits per heavy atom. The molecule has 120 valence electrons. The zero-order valence-electron chi connectivity index (χ0n) is 13.4. The highest BCUT2D eigenvalue weighted by Gasteiger charge is 2.17. The zero-order valence-corrected chi connectivity index (χ0v) is 15.0. The highest BCUT2D eigenvalue weighted by molar-refractivity contribution is 7.99. The van der Waals surface area contributed by atoms with Gasteiger partial charge in [0.1, 0.15) is 5.76 Å². The first-order valence-corrected chi connectivity index (χ1v) is 8.89. The molecule has 1 heterocycles. The van der Waals surface area contributed by atoms with Gasteiger partial charge in [-0.1, -0.05) is 41.6 Å². The molecule has 0 spiro atoms. The van der Waals surface area contributed by atoms with Crippen molar-refractivity contribution >= 4 is 35.2 Å². The number of hydrogen-bond acceptors (Lipinski definition) is 3. The van der Waals surface area contributed by atoms with E-state index >= 15 is 0 Å². The van der Waals surface area contributed by atoms with Crippen LogP contribution in [0.2, 0.25) is 5.02 Å². The van der Waals surface area contributed by atoms with E-state index in [1.54, 1.807) is 11.8 Å². The van der Waals surface area contributed by atoms with Crippen LogP contribution < -0.4 is 0 Å². The summed E-state index contributed by atoms with van der Waals surface area (Å²) in [6.45, 7) is 1.71. The molecular formula is C19H20ClNOS. The van der Waals surface area contributed by atoms with Gasteiger partial charge in [0.15, 0.2) is 0 Å². The fourth-order valence-electron chi connectivity index (χ4n) is 2.50. The van der Waals surface area contributed by atoms with Crippen molar-refractivity contribution in [2.75, 3.05) is 27.2 Å². The molecule has 2 aromatic carbocycles. The van der Waals surface area contributed by atoms with Gasteiger partial charge >= 0.3 is 0 Å². The Morgan fingerprint density at radius 3 is 2.74 bits per heavy atom. The van der Waals surface area contributed by atoms with E-state index in [2.05, 4.69) is 55.4 Å². The van der Waals surface area contributed by atoms with Gasteiger partial charge in [-0.05, 0) is 56.4 Å². The predicted octanol–water partition coefficient (Wildman–Crippen LogP) is 5.27. The molecule has 3 rings (SSSR count). The van der Waals surface area contributed by atoms with Gasteiger partial charge in [-0.15, -0.1) is 0 Å². The second-order valence-corrected chi connectivity index (χ2v) is 7.31. The lowest BCUT2D eigenvalue weighted by Gasteiger charge is -2.14. The quantitative estimate of drug-likeness (QED) is 0.685. The maximum absolute atomic E-state index is 6.21. The van der Waals surface area contributed by atoms with Crippen molar-refractivity contribution in [3.8, 4) is 0 Å². The SMILES string of the molecule is CN(C)CCCOC1=Cc2ccccc2Sc2ccc(Cl)cc21. The molecule has 0 radical (unpaired) electrons. The van der Waals surface area contributed by atoms with Gasteiger partial charge < -0.3 is 9.64 Å². The van der Waals surface area contributed by atoms with E-state index in [9.17, 15) is 0 Å². The molecule has 0 N–H and O–H groups in total. The van der Waals surface area contributed by atoms with E-state index in [4.69, 9.17) is 16.3 Å². The minimum atomic E-state index is 0.697. The Morgan fingerprint density at radius 1 is 1.09 bits per heavy atom. The maximum atomic E-state index is 6.21. The third kappa shape index (κ3) is 4.11. The fraction of sp³-hybridized carbons (Fsp3) is 0.263. The van der Waals surface area contributed by atoms with Crippen LogP contribution in [0, 0.1) is 0 Å². The largest absolute Gasteiger partial charge is 0.493 e. The first-order valence-electron chi connectivity index (χ1n) is 7.69. The van der Waals surface area contributed by atoms with E-state index in [1.807, 2.05) is 12.1 Å². The maximum Gasteiger partial charge on any atom is 0.128 e. The number of nitrogens with zero attached hydrogens (tertiary/aromatic N) is 1. The Bertz CT molecular complexity index is 727. The standard InChI is InChI=1S/C19H20ClNOS/c1-21(2)10-5-11-22-17-12-14-6-3-4-7-18(14)23-19-9-8-15(20)13-16(17)19/h3-4,6-9,12-13H,5,10-11H2,1-2H3. The molecule has 0 saturated heterocycles. The molecule has 4 heteroatoms. The summed E-state index contributed by atoms with van der Waals surface area (Å²) in [4.78, 5) is 4.59. The van der Waals surface area contributed by atoms with Crippen LogP contribution in [0.5, 0.6) is 0 Å². The van der Waals surface area contributed by atoms with Gasteiger partial charge in [0.05, 0.1) is 6.61 Å². The van der Waals surface area contributed by atoms with Gasteiger partial charge in [-0.2, -0.15) is 0 Å². The van der Waals surface area contributed by atoms with Crippen LogP contribution >= 0.6 is 23.4 Å². The van der Waals surface area contributed by atoms with E-state index in [-0.39, 0.29) is 0 Å². The highest BCUT2D eigenvalue weighted by Crippen LogP contribution is 2.41. The van der Waals surface area contributed by atoms with E-state index in [1.165, 1.54) is 15.4 Å². The third-order valence-corrected chi connectivity index (χ3v) is 5.04. The molecule has 0 atom stereocenters. The van der Waals surface area contributed by atoms with Gasteiger partial charge in [-0.25, -0.2) is 0 Å². The van der Waals surface area contributed by atoms with Crippen molar-refractivity contribution in [3.05, 3.63) is 58.6 Å². The van der Waals surface area contributed by atoms with Crippen LogP contribution in [0.15, 0.2) is 52.3 Å². The van der Waals surface area contributed by atoms with Gasteiger partial charge in [0, 0.05) is 26.9 Å². The number of fused-ring (bicyclic) bond motifs is 2. The summed E-state index contributed by atoms with van der Waals surface area (Å²) >= 11 is 7.97. The third-order valence-electron chi connectivity index (χ3n) is 3.64. The second-order valence-electron chi connectivity index (χ2n) is 5.79. The second kappa shape index (κ2) is 7.43. The zero-order chi connectivity index (χ0) is 16.2. The van der Waals surface area contributed by atoms with E-state index in [0.29, 0.717) is 6.61 Å². The van der Waals surface area contributed by atoms with Crippen molar-refractivity contribution in [1.82, 2.24) is 4.90 Å². The van der Waals surface area contributed by atoms with Crippen LogP contribution in [0.1, 0.15) is 17.5 Å². The van der Waals surface area contributed by atoms with E-state index < -0.39 is 0 Å². The van der Waals surface area contributed by atoms with Crippen LogP contribution in [0.3, 0.4) is 0 Å². The number of ether oxygens (including phenoxy) is 1. The van der Waals surface area contributed by atoms with Crippen molar-refractivity contribution in [2.24, 2.45) is 0 Å². The molecule has 1 aliphatic heterocycles. The molecule has 2 aromatic rings. The number of rotatable bonds is 5. The number of benzene rings is 2. The summed E-state index contributed by atoms with van der Waals surface area (Å²) in [5.74, 6) is 0.902. The van der Waals surface area contributed by atoms with Crippen LogP contribution in [0.25, 0.3) is 11.8 Å². The lowest BCUT2D eigenvalue weighted by atomic mass is 10.1. The van der Waals surface area contributed by atoms with Gasteiger partial charge in [-0.3, -0.25) is 0 Å². The average Bonchev–Trinajstić information content (AvgIpc) is 2.68. The molecule has 23 heavy (non-hydrogen) atoms. The summed E-state index contributed by atoms with van der Waals surface area (Å²) in [6.07, 6.45) is 3.12. The van der Waals surface area contributed by atoms with Crippen LogP contribution in [-0.4, -0.2) is 32.1 Å². The lowest BCUT2D eigenvalue weighted by Crippen LogP contribution is -2.14. The molecule has 0 unspecified atom stereocenters. The average molecular weight is 346 g/mol. The molecule has 0 fully saturated rings. The lowest BCUT2D eigenvalue weighted by molar-refractivity contribution is 0.251. The molecule has 2 nitrogen and oxygen atoms in total. The smallest absolute Gasteiger partial charge is 0.128 e. The van der Waals surface area contributed by atoms with Gasteiger partial charge in [0.2, 0.25) is 0 Å². The van der Waals surface area contributed by atoms with Crippen molar-refractivity contribution in [1.29, 1.82) is 0 Å². The normalized spacial score (nSPS) is 13.1. The summed E-state index contributed by atoms with van der Waals surface area (Å²) in [5, 5.41) is 0.734. The summed E-state index contributed by atoms with van der Waals surface area (Å²) in [7, 11) is 4.15. The molecule has 0 amide bonds. The summed E-state index contributed by atoms with van der Waals surface area (Å²) in [6, 6.07) is 14.4. The summed E-state index contributed by atoms with van der Waals surface area (Å²) in [5.41, 5.74) is 2.26. The van der Waals surface area contributed by atoms with Crippen molar-refractivity contribution < 1.29 is 4.74 Å². The van der Waals surface area contributed by atoms with Crippen LogP contribution in [0.4, 0.5) is 0 Å². The summed E-state index contributed by atoms with van der Waals surface area (Å²) < 4.78 is 6.11. The number of halogens is 1. The fourth-order valence-corrected chi connectivity index (χ4v) is 3.70. The minimum Gasteiger partial charge on any atom is -0.493 e. The molecule has 0 aliphatic carbocycles.